The first-order valence-corrected chi connectivity index (χ1v) is 13.6. The molecule has 1 atom stereocenters. The highest BCUT2D eigenvalue weighted by molar-refractivity contribution is 9.10. The summed E-state index contributed by atoms with van der Waals surface area (Å²) in [6.07, 6.45) is 2.08. The maximum atomic E-state index is 15.0. The Hall–Kier alpha value is -4.30. The lowest BCUT2D eigenvalue weighted by atomic mass is 9.91. The number of aromatic carboxylic acids is 2. The second-order valence-corrected chi connectivity index (χ2v) is 10.4. The van der Waals surface area contributed by atoms with Crippen molar-refractivity contribution in [3.8, 4) is 5.75 Å². The summed E-state index contributed by atoms with van der Waals surface area (Å²) in [5.74, 6) is -2.00. The first-order valence-electron chi connectivity index (χ1n) is 12.9. The van der Waals surface area contributed by atoms with E-state index in [1.807, 2.05) is 6.08 Å². The van der Waals surface area contributed by atoms with Crippen LogP contribution in [0.2, 0.25) is 0 Å². The highest BCUT2D eigenvalue weighted by Gasteiger charge is 2.35. The lowest BCUT2D eigenvalue weighted by molar-refractivity contribution is -0.185. The van der Waals surface area contributed by atoms with Crippen LogP contribution >= 0.6 is 15.9 Å². The Bertz CT molecular complexity index is 1520. The molecule has 4 rings (SSSR count). The van der Waals surface area contributed by atoms with Crippen molar-refractivity contribution in [2.75, 3.05) is 0 Å². The standard InChI is InChI=1S/C33H27BrF2O5/c34-29-19-17-28(18-20-29)33(35,36)41-30-4-2-1-3-25(30)12-9-23(21-24-10-15-27(16-11-24)32(39)40)6-5-22-7-13-26(14-8-22)31(37)38/h1-4,7-20,23H,5-6,21H2,(H,37,38)(H,39,40). The molecule has 4 aromatic rings. The zero-order valence-corrected chi connectivity index (χ0v) is 23.4. The van der Waals surface area contributed by atoms with Gasteiger partial charge < -0.3 is 14.9 Å². The summed E-state index contributed by atoms with van der Waals surface area (Å²) in [5, 5.41) is 18.4. The van der Waals surface area contributed by atoms with Crippen LogP contribution in [-0.4, -0.2) is 22.2 Å². The average molecular weight is 621 g/mol. The van der Waals surface area contributed by atoms with Gasteiger partial charge in [0.05, 0.1) is 16.7 Å². The Balaban J connectivity index is 1.55. The molecule has 0 heterocycles. The number of hydrogen-bond acceptors (Lipinski definition) is 3. The van der Waals surface area contributed by atoms with Gasteiger partial charge in [0.1, 0.15) is 5.75 Å². The molecule has 4 aromatic carbocycles. The van der Waals surface area contributed by atoms with Gasteiger partial charge in [0.25, 0.3) is 0 Å². The van der Waals surface area contributed by atoms with E-state index < -0.39 is 18.0 Å². The predicted molar refractivity (Wildman–Crippen MR) is 156 cm³/mol. The molecule has 2 N–H and O–H groups in total. The van der Waals surface area contributed by atoms with E-state index in [2.05, 4.69) is 15.9 Å². The van der Waals surface area contributed by atoms with Gasteiger partial charge in [-0.3, -0.25) is 0 Å². The molecule has 0 saturated heterocycles. The van der Waals surface area contributed by atoms with Crippen LogP contribution in [0.5, 0.6) is 5.75 Å². The highest BCUT2D eigenvalue weighted by atomic mass is 79.9. The number of aryl methyl sites for hydroxylation is 1. The zero-order valence-electron chi connectivity index (χ0n) is 21.8. The maximum absolute atomic E-state index is 15.0. The summed E-state index contributed by atoms with van der Waals surface area (Å²) in [5.41, 5.74) is 2.51. The third kappa shape index (κ3) is 8.35. The molecule has 0 spiro atoms. The molecule has 0 bridgehead atoms. The van der Waals surface area contributed by atoms with E-state index in [0.29, 0.717) is 29.3 Å². The largest absolute Gasteiger partial charge is 0.478 e. The fourth-order valence-electron chi connectivity index (χ4n) is 4.31. The fraction of sp³-hybridized carbons (Fsp3) is 0.152. The van der Waals surface area contributed by atoms with Gasteiger partial charge in [-0.25, -0.2) is 9.59 Å². The van der Waals surface area contributed by atoms with Gasteiger partial charge >= 0.3 is 18.0 Å². The molecule has 210 valence electrons. The van der Waals surface area contributed by atoms with Gasteiger partial charge in [0.2, 0.25) is 0 Å². The molecule has 8 heteroatoms. The van der Waals surface area contributed by atoms with E-state index in [-0.39, 0.29) is 28.4 Å². The Morgan fingerprint density at radius 1 is 0.805 bits per heavy atom. The van der Waals surface area contributed by atoms with Gasteiger partial charge in [0, 0.05) is 10.0 Å². The topological polar surface area (TPSA) is 83.8 Å². The van der Waals surface area contributed by atoms with Crippen molar-refractivity contribution in [3.63, 3.8) is 0 Å². The van der Waals surface area contributed by atoms with Crippen LogP contribution in [0, 0.1) is 5.92 Å². The fourth-order valence-corrected chi connectivity index (χ4v) is 4.57. The molecule has 41 heavy (non-hydrogen) atoms. The van der Waals surface area contributed by atoms with E-state index in [1.54, 1.807) is 72.8 Å². The molecule has 0 aliphatic heterocycles. The van der Waals surface area contributed by atoms with Crippen LogP contribution < -0.4 is 4.74 Å². The number of hydrogen-bond donors (Lipinski definition) is 2. The van der Waals surface area contributed by atoms with Gasteiger partial charge in [-0.15, -0.1) is 0 Å². The average Bonchev–Trinajstić information content (AvgIpc) is 2.95. The third-order valence-electron chi connectivity index (χ3n) is 6.59. The minimum Gasteiger partial charge on any atom is -0.478 e. The minimum atomic E-state index is -3.54. The summed E-state index contributed by atoms with van der Waals surface area (Å²) < 4.78 is 35.8. The zero-order chi connectivity index (χ0) is 29.4. The molecule has 0 aliphatic carbocycles. The number of alkyl halides is 2. The predicted octanol–water partition coefficient (Wildman–Crippen LogP) is 8.48. The van der Waals surface area contributed by atoms with Crippen LogP contribution in [0.3, 0.4) is 0 Å². The quantitative estimate of drug-likeness (QED) is 0.166. The normalized spacial score (nSPS) is 12.3. The van der Waals surface area contributed by atoms with Crippen LogP contribution in [0.1, 0.15) is 49.4 Å². The highest BCUT2D eigenvalue weighted by Crippen LogP contribution is 2.34. The number of benzene rings is 4. The number of carboxylic acids is 2. The number of para-hydroxylation sites is 1. The first-order chi connectivity index (χ1) is 19.6. The van der Waals surface area contributed by atoms with Crippen molar-refractivity contribution < 1.29 is 33.3 Å². The summed E-state index contributed by atoms with van der Waals surface area (Å²) in [7, 11) is 0. The molecule has 1 unspecified atom stereocenters. The second-order valence-electron chi connectivity index (χ2n) is 9.53. The van der Waals surface area contributed by atoms with E-state index >= 15 is 0 Å². The molecule has 0 saturated carbocycles. The van der Waals surface area contributed by atoms with Crippen LogP contribution in [0.25, 0.3) is 6.08 Å². The van der Waals surface area contributed by atoms with E-state index in [0.717, 1.165) is 11.1 Å². The number of allylic oxidation sites excluding steroid dienone is 1. The lowest BCUT2D eigenvalue weighted by Gasteiger charge is -2.20. The van der Waals surface area contributed by atoms with E-state index in [4.69, 9.17) is 9.84 Å². The molecule has 0 fully saturated rings. The van der Waals surface area contributed by atoms with Gasteiger partial charge in [-0.2, -0.15) is 8.78 Å². The first kappa shape index (κ1) is 29.7. The number of ether oxygens (including phenoxy) is 1. The Labute approximate surface area is 244 Å². The molecule has 0 aromatic heterocycles. The molecule has 5 nitrogen and oxygen atoms in total. The Morgan fingerprint density at radius 3 is 1.95 bits per heavy atom. The summed E-state index contributed by atoms with van der Waals surface area (Å²) in [6, 6.07) is 25.5. The Kier molecular flexibility index (Phi) is 9.68. The molecular weight excluding hydrogens is 594 g/mol. The number of carboxylic acid groups (broad SMARTS) is 2. The van der Waals surface area contributed by atoms with Crippen LogP contribution in [0.4, 0.5) is 8.78 Å². The second kappa shape index (κ2) is 13.4. The summed E-state index contributed by atoms with van der Waals surface area (Å²) in [6.45, 7) is 0. The van der Waals surface area contributed by atoms with Gasteiger partial charge in [-0.1, -0.05) is 70.5 Å². The van der Waals surface area contributed by atoms with Crippen molar-refractivity contribution in [1.29, 1.82) is 0 Å². The smallest absolute Gasteiger partial charge is 0.426 e. The Morgan fingerprint density at radius 2 is 1.37 bits per heavy atom. The van der Waals surface area contributed by atoms with Crippen molar-refractivity contribution >= 4 is 33.9 Å². The van der Waals surface area contributed by atoms with Crippen molar-refractivity contribution in [2.45, 2.75) is 25.4 Å². The lowest BCUT2D eigenvalue weighted by Crippen LogP contribution is -2.22. The maximum Gasteiger partial charge on any atom is 0.426 e. The van der Waals surface area contributed by atoms with Crippen LogP contribution in [0.15, 0.2) is 108 Å². The van der Waals surface area contributed by atoms with Gasteiger partial charge in [0.15, 0.2) is 0 Å². The molecule has 0 amide bonds. The molecule has 0 radical (unpaired) electrons. The monoisotopic (exact) mass is 620 g/mol. The van der Waals surface area contributed by atoms with Gasteiger partial charge in [-0.05, 0) is 90.9 Å². The third-order valence-corrected chi connectivity index (χ3v) is 7.12. The molecule has 0 aliphatic rings. The number of halogens is 3. The minimum absolute atomic E-state index is 0.0329. The number of rotatable bonds is 12. The van der Waals surface area contributed by atoms with Crippen molar-refractivity contribution in [2.24, 2.45) is 5.92 Å². The van der Waals surface area contributed by atoms with E-state index in [9.17, 15) is 23.5 Å². The number of carbonyl (C=O) groups is 2. The molecular formula is C33H27BrF2O5. The summed E-state index contributed by atoms with van der Waals surface area (Å²) in [4.78, 5) is 22.4. The van der Waals surface area contributed by atoms with Crippen LogP contribution in [-0.2, 0) is 19.0 Å². The van der Waals surface area contributed by atoms with Crippen molar-refractivity contribution in [1.82, 2.24) is 0 Å². The van der Waals surface area contributed by atoms with Crippen molar-refractivity contribution in [3.05, 3.63) is 141 Å². The van der Waals surface area contributed by atoms with E-state index in [1.165, 1.54) is 30.3 Å². The SMILES string of the molecule is O=C(O)c1ccc(CCC(C=Cc2ccccc2OC(F)(F)c2ccc(Br)cc2)Cc2ccc(C(=O)O)cc2)cc1. The summed E-state index contributed by atoms with van der Waals surface area (Å²) >= 11 is 3.25.